The molecule has 1 aromatic rings. The maximum atomic E-state index is 11.8. The first kappa shape index (κ1) is 13.0. The smallest absolute Gasteiger partial charge is 0.166 e. The number of hydrogen-bond donors (Lipinski definition) is 1. The topological polar surface area (TPSA) is 37.3 Å². The summed E-state index contributed by atoms with van der Waals surface area (Å²) in [5, 5.41) is 9.95. The third kappa shape index (κ3) is 3.24. The van der Waals surface area contributed by atoms with E-state index in [0.717, 1.165) is 24.8 Å². The van der Waals surface area contributed by atoms with Crippen molar-refractivity contribution in [3.63, 3.8) is 0 Å². The number of benzene rings is 1. The summed E-state index contributed by atoms with van der Waals surface area (Å²) in [7, 11) is 0. The van der Waals surface area contributed by atoms with Crippen molar-refractivity contribution in [1.82, 2.24) is 0 Å². The number of hydrogen-bond acceptors (Lipinski definition) is 2. The van der Waals surface area contributed by atoms with E-state index in [1.807, 2.05) is 6.92 Å². The van der Waals surface area contributed by atoms with E-state index < -0.39 is 0 Å². The van der Waals surface area contributed by atoms with Crippen LogP contribution in [0.3, 0.4) is 0 Å². The molecule has 88 valence electrons. The molecular weight excluding hydrogens is 224 g/mol. The fourth-order valence-electron chi connectivity index (χ4n) is 1.62. The number of Topliss-reactive ketones (excluding diaryl/α,β-unsaturated/α-hetero) is 1. The Bertz CT molecular complexity index is 386. The van der Waals surface area contributed by atoms with E-state index in [0.29, 0.717) is 12.0 Å². The predicted molar refractivity (Wildman–Crippen MR) is 66.3 cm³/mol. The van der Waals surface area contributed by atoms with Crippen molar-refractivity contribution in [1.29, 1.82) is 0 Å². The van der Waals surface area contributed by atoms with Gasteiger partial charge < -0.3 is 5.11 Å². The molecule has 0 atom stereocenters. The van der Waals surface area contributed by atoms with Gasteiger partial charge in [0.1, 0.15) is 5.75 Å². The molecule has 0 aromatic heterocycles. The van der Waals surface area contributed by atoms with Crippen LogP contribution in [0.1, 0.15) is 48.5 Å². The number of phenols is 1. The molecule has 1 N–H and O–H groups in total. The van der Waals surface area contributed by atoms with Crippen LogP contribution < -0.4 is 0 Å². The number of carbonyl (C=O) groups excluding carboxylic acids is 1. The highest BCUT2D eigenvalue weighted by Crippen LogP contribution is 2.30. The molecular formula is C13H17ClO2. The number of aromatic hydroxyl groups is 1. The predicted octanol–water partition coefficient (Wildman–Crippen LogP) is 4.12. The summed E-state index contributed by atoms with van der Waals surface area (Å²) in [5.41, 5.74) is 1.24. The van der Waals surface area contributed by atoms with Gasteiger partial charge in [-0.15, -0.1) is 0 Å². The Morgan fingerprint density at radius 3 is 2.69 bits per heavy atom. The Hall–Kier alpha value is -1.02. The summed E-state index contributed by atoms with van der Waals surface area (Å²) in [6.07, 6.45) is 3.45. The van der Waals surface area contributed by atoms with Gasteiger partial charge in [-0.2, -0.15) is 0 Å². The largest absolute Gasteiger partial charge is 0.506 e. The van der Waals surface area contributed by atoms with Crippen molar-refractivity contribution >= 4 is 17.4 Å². The lowest BCUT2D eigenvalue weighted by Gasteiger charge is -2.06. The van der Waals surface area contributed by atoms with Gasteiger partial charge >= 0.3 is 0 Å². The average Bonchev–Trinajstić information content (AvgIpc) is 2.23. The lowest BCUT2D eigenvalue weighted by atomic mass is 10.0. The molecule has 0 radical (unpaired) electrons. The van der Waals surface area contributed by atoms with Crippen LogP contribution in [0.4, 0.5) is 0 Å². The molecule has 16 heavy (non-hydrogen) atoms. The minimum atomic E-state index is -0.0891. The molecule has 0 fully saturated rings. The summed E-state index contributed by atoms with van der Waals surface area (Å²) in [6, 6.07) is 3.34. The quantitative estimate of drug-likeness (QED) is 0.621. The van der Waals surface area contributed by atoms with Gasteiger partial charge in [0.05, 0.1) is 10.6 Å². The molecule has 1 aromatic carbocycles. The molecule has 0 saturated carbocycles. The number of carbonyl (C=O) groups is 1. The second kappa shape index (κ2) is 5.90. The Morgan fingerprint density at radius 1 is 1.38 bits per heavy atom. The summed E-state index contributed by atoms with van der Waals surface area (Å²) < 4.78 is 0. The van der Waals surface area contributed by atoms with Gasteiger partial charge in [-0.05, 0) is 31.0 Å². The van der Waals surface area contributed by atoms with Crippen LogP contribution in [0.2, 0.25) is 5.02 Å². The summed E-state index contributed by atoms with van der Waals surface area (Å²) in [4.78, 5) is 11.8. The number of rotatable bonds is 5. The molecule has 0 bridgehead atoms. The third-order valence-electron chi connectivity index (χ3n) is 2.52. The molecule has 0 heterocycles. The van der Waals surface area contributed by atoms with Crippen LogP contribution >= 0.6 is 11.6 Å². The van der Waals surface area contributed by atoms with Gasteiger partial charge in [-0.1, -0.05) is 31.4 Å². The van der Waals surface area contributed by atoms with Gasteiger partial charge in [0, 0.05) is 6.42 Å². The molecule has 0 aliphatic rings. The highest BCUT2D eigenvalue weighted by atomic mass is 35.5. The van der Waals surface area contributed by atoms with Crippen molar-refractivity contribution in [2.45, 2.75) is 39.5 Å². The van der Waals surface area contributed by atoms with Gasteiger partial charge in [-0.3, -0.25) is 4.79 Å². The zero-order valence-electron chi connectivity index (χ0n) is 9.72. The number of unbranched alkanes of at least 4 members (excludes halogenated alkanes) is 2. The molecule has 2 nitrogen and oxygen atoms in total. The summed E-state index contributed by atoms with van der Waals surface area (Å²) in [6.45, 7) is 3.94. The zero-order chi connectivity index (χ0) is 12.1. The molecule has 0 saturated heterocycles. The van der Waals surface area contributed by atoms with E-state index >= 15 is 0 Å². The summed E-state index contributed by atoms with van der Waals surface area (Å²) in [5.74, 6) is -0.120. The van der Waals surface area contributed by atoms with E-state index in [-0.39, 0.29) is 16.6 Å². The Morgan fingerprint density at radius 2 is 2.06 bits per heavy atom. The minimum absolute atomic E-state index is 0.0310. The molecule has 0 aliphatic carbocycles. The maximum absolute atomic E-state index is 11.8. The highest BCUT2D eigenvalue weighted by Gasteiger charge is 2.14. The van der Waals surface area contributed by atoms with Crippen LogP contribution in [-0.4, -0.2) is 10.9 Å². The first-order valence-electron chi connectivity index (χ1n) is 5.58. The molecule has 0 aliphatic heterocycles. The molecule has 3 heteroatoms. The molecule has 1 rings (SSSR count). The second-order valence-corrected chi connectivity index (χ2v) is 4.43. The standard InChI is InChI=1S/C13H17ClO2/c1-3-4-5-6-12(15)10-7-9(2)8-11(14)13(10)16/h7-8,16H,3-6H2,1-2H3. The summed E-state index contributed by atoms with van der Waals surface area (Å²) >= 11 is 5.82. The fourth-order valence-corrected chi connectivity index (χ4v) is 1.89. The Balaban J connectivity index is 2.82. The molecule has 0 spiro atoms. The lowest BCUT2D eigenvalue weighted by molar-refractivity contribution is 0.0976. The van der Waals surface area contributed by atoms with Crippen molar-refractivity contribution in [3.05, 3.63) is 28.3 Å². The molecule has 0 unspecified atom stereocenters. The van der Waals surface area contributed by atoms with Gasteiger partial charge in [0.2, 0.25) is 0 Å². The number of aryl methyl sites for hydroxylation is 1. The molecule has 0 amide bonds. The van der Waals surface area contributed by atoms with Crippen molar-refractivity contribution in [2.24, 2.45) is 0 Å². The van der Waals surface area contributed by atoms with Crippen molar-refractivity contribution in [3.8, 4) is 5.75 Å². The monoisotopic (exact) mass is 240 g/mol. The second-order valence-electron chi connectivity index (χ2n) is 4.02. The number of ketones is 1. The van der Waals surface area contributed by atoms with Gasteiger partial charge in [-0.25, -0.2) is 0 Å². The van der Waals surface area contributed by atoms with E-state index in [9.17, 15) is 9.90 Å². The van der Waals surface area contributed by atoms with E-state index in [1.54, 1.807) is 12.1 Å². The van der Waals surface area contributed by atoms with Crippen LogP contribution in [0.15, 0.2) is 12.1 Å². The zero-order valence-corrected chi connectivity index (χ0v) is 10.5. The van der Waals surface area contributed by atoms with Crippen LogP contribution in [-0.2, 0) is 0 Å². The lowest BCUT2D eigenvalue weighted by Crippen LogP contribution is -2.00. The Labute approximate surface area is 101 Å². The van der Waals surface area contributed by atoms with Gasteiger partial charge in [0.15, 0.2) is 5.78 Å². The van der Waals surface area contributed by atoms with Crippen LogP contribution in [0.25, 0.3) is 0 Å². The number of halogens is 1. The first-order valence-corrected chi connectivity index (χ1v) is 5.96. The van der Waals surface area contributed by atoms with Crippen LogP contribution in [0.5, 0.6) is 5.75 Å². The fraction of sp³-hybridized carbons (Fsp3) is 0.462. The normalized spacial score (nSPS) is 10.4. The number of phenolic OH excluding ortho intramolecular Hbond substituents is 1. The van der Waals surface area contributed by atoms with Crippen molar-refractivity contribution < 1.29 is 9.90 Å². The average molecular weight is 241 g/mol. The van der Waals surface area contributed by atoms with E-state index in [1.165, 1.54) is 0 Å². The SMILES string of the molecule is CCCCCC(=O)c1cc(C)cc(Cl)c1O. The maximum Gasteiger partial charge on any atom is 0.166 e. The minimum Gasteiger partial charge on any atom is -0.506 e. The van der Waals surface area contributed by atoms with E-state index in [2.05, 4.69) is 6.92 Å². The van der Waals surface area contributed by atoms with Crippen LogP contribution in [0, 0.1) is 6.92 Å². The van der Waals surface area contributed by atoms with Crippen molar-refractivity contribution in [2.75, 3.05) is 0 Å². The third-order valence-corrected chi connectivity index (χ3v) is 2.80. The Kier molecular flexibility index (Phi) is 4.81. The first-order chi connectivity index (χ1) is 7.56. The van der Waals surface area contributed by atoms with Gasteiger partial charge in [0.25, 0.3) is 0 Å². The van der Waals surface area contributed by atoms with E-state index in [4.69, 9.17) is 11.6 Å². The highest BCUT2D eigenvalue weighted by molar-refractivity contribution is 6.32.